The summed E-state index contributed by atoms with van der Waals surface area (Å²) in [5, 5.41) is 25.6. The summed E-state index contributed by atoms with van der Waals surface area (Å²) < 4.78 is 3.99. The lowest BCUT2D eigenvalue weighted by Crippen LogP contribution is -2.51. The van der Waals surface area contributed by atoms with E-state index in [9.17, 15) is 10.0 Å². The van der Waals surface area contributed by atoms with Crippen molar-refractivity contribution in [3.8, 4) is 5.69 Å². The van der Waals surface area contributed by atoms with Gasteiger partial charge in [-0.1, -0.05) is 58.7 Å². The largest absolute Gasteiger partial charge is 0.411 e. The molecule has 39 heavy (non-hydrogen) atoms. The molecule has 2 aromatic heterocycles. The molecule has 0 bridgehead atoms. The summed E-state index contributed by atoms with van der Waals surface area (Å²) in [6, 6.07) is 21.7. The van der Waals surface area contributed by atoms with Crippen molar-refractivity contribution in [2.75, 3.05) is 0 Å². The lowest BCUT2D eigenvalue weighted by molar-refractivity contribution is 0.0868. The predicted octanol–water partition coefficient (Wildman–Crippen LogP) is 5.65. The van der Waals surface area contributed by atoms with Crippen LogP contribution in [-0.2, 0) is 18.5 Å². The van der Waals surface area contributed by atoms with E-state index in [4.69, 9.17) is 11.6 Å². The van der Waals surface area contributed by atoms with E-state index in [1.54, 1.807) is 29.4 Å². The highest BCUT2D eigenvalue weighted by atomic mass is 35.5. The van der Waals surface area contributed by atoms with Gasteiger partial charge < -0.3 is 15.1 Å². The molecule has 196 valence electrons. The molecule has 0 fully saturated rings. The van der Waals surface area contributed by atoms with E-state index in [1.165, 1.54) is 0 Å². The second kappa shape index (κ2) is 9.71. The number of aromatic nitrogens is 4. The van der Waals surface area contributed by atoms with E-state index in [-0.39, 0.29) is 5.91 Å². The normalized spacial score (nSPS) is 17.3. The minimum absolute atomic E-state index is 0.247. The molecule has 3 aromatic carbocycles. The van der Waals surface area contributed by atoms with Crippen LogP contribution in [0.5, 0.6) is 0 Å². The molecule has 5 aromatic rings. The van der Waals surface area contributed by atoms with Gasteiger partial charge >= 0.3 is 0 Å². The number of hydrogen-bond donors (Lipinski definition) is 2. The molecule has 0 saturated carbocycles. The molecule has 1 unspecified atom stereocenters. The Hall–Kier alpha value is -4.43. The van der Waals surface area contributed by atoms with E-state index < -0.39 is 5.54 Å². The van der Waals surface area contributed by atoms with Crippen molar-refractivity contribution in [1.29, 1.82) is 0 Å². The van der Waals surface area contributed by atoms with Crippen LogP contribution in [0.3, 0.4) is 0 Å². The molecule has 6 rings (SSSR count). The first-order chi connectivity index (χ1) is 18.9. The number of halogens is 1. The molecular weight excluding hydrogens is 512 g/mol. The van der Waals surface area contributed by atoms with Crippen LogP contribution in [0.15, 0.2) is 84.5 Å². The van der Waals surface area contributed by atoms with Gasteiger partial charge in [0.05, 0.1) is 28.4 Å². The third-order valence-electron chi connectivity index (χ3n) is 7.65. The Labute approximate surface area is 230 Å². The monoisotopic (exact) mass is 538 g/mol. The number of oxime groups is 1. The molecule has 0 spiro atoms. The van der Waals surface area contributed by atoms with Crippen LogP contribution >= 0.6 is 11.6 Å². The summed E-state index contributed by atoms with van der Waals surface area (Å²) in [5.74, 6) is -0.247. The molecule has 0 radical (unpaired) electrons. The zero-order chi connectivity index (χ0) is 27.1. The van der Waals surface area contributed by atoms with E-state index in [0.717, 1.165) is 39.0 Å². The van der Waals surface area contributed by atoms with Gasteiger partial charge in [0.2, 0.25) is 0 Å². The number of carbonyl (C=O) groups excluding carboxylic acids is 1. The molecule has 1 aliphatic heterocycles. The van der Waals surface area contributed by atoms with Gasteiger partial charge in [0.15, 0.2) is 0 Å². The number of nitrogens with zero attached hydrogens (tertiary/aromatic N) is 5. The first-order valence-electron chi connectivity index (χ1n) is 12.7. The number of rotatable bonds is 5. The molecule has 9 heteroatoms. The molecule has 0 aliphatic carbocycles. The van der Waals surface area contributed by atoms with Crippen LogP contribution in [0.2, 0.25) is 5.02 Å². The van der Waals surface area contributed by atoms with Gasteiger partial charge in [-0.25, -0.2) is 0 Å². The summed E-state index contributed by atoms with van der Waals surface area (Å²) in [7, 11) is 0. The van der Waals surface area contributed by atoms with Gasteiger partial charge in [0, 0.05) is 27.8 Å². The standard InChI is InChI=1S/C30H27ClN6O2/c1-19-8-11-26-24(14-19)28(20(2)35-39)27-12-13-30(16-37(26)27,21-6-4-3-5-7-21)34-29(38)23-10-9-22(15-25(23)31)36-17-32-33-18-36/h3-11,14-15,17-18,39H,12-13,16H2,1-2H3,(H,34,38)/b35-20+. The maximum Gasteiger partial charge on any atom is 0.253 e. The Morgan fingerprint density at radius 1 is 1.08 bits per heavy atom. The highest BCUT2D eigenvalue weighted by Crippen LogP contribution is 2.40. The summed E-state index contributed by atoms with van der Waals surface area (Å²) >= 11 is 6.62. The highest BCUT2D eigenvalue weighted by Gasteiger charge is 2.40. The zero-order valence-electron chi connectivity index (χ0n) is 21.6. The van der Waals surface area contributed by atoms with Crippen LogP contribution in [0.4, 0.5) is 0 Å². The van der Waals surface area contributed by atoms with E-state index in [2.05, 4.69) is 62.5 Å². The number of amides is 1. The van der Waals surface area contributed by atoms with Gasteiger partial charge in [-0.15, -0.1) is 10.2 Å². The fraction of sp³-hybridized carbons (Fsp3) is 0.200. The number of carbonyl (C=O) groups is 1. The molecule has 1 amide bonds. The highest BCUT2D eigenvalue weighted by molar-refractivity contribution is 6.34. The van der Waals surface area contributed by atoms with E-state index in [1.807, 2.05) is 31.2 Å². The lowest BCUT2D eigenvalue weighted by atomic mass is 9.81. The van der Waals surface area contributed by atoms with Crippen molar-refractivity contribution in [2.24, 2.45) is 5.16 Å². The summed E-state index contributed by atoms with van der Waals surface area (Å²) in [4.78, 5) is 13.8. The molecule has 8 nitrogen and oxygen atoms in total. The van der Waals surface area contributed by atoms with Crippen LogP contribution in [-0.4, -0.2) is 36.2 Å². The third kappa shape index (κ3) is 4.27. The summed E-state index contributed by atoms with van der Waals surface area (Å²) in [6.07, 6.45) is 4.51. The number of fused-ring (bicyclic) bond motifs is 3. The Morgan fingerprint density at radius 3 is 2.56 bits per heavy atom. The third-order valence-corrected chi connectivity index (χ3v) is 7.96. The minimum Gasteiger partial charge on any atom is -0.411 e. The fourth-order valence-corrected chi connectivity index (χ4v) is 5.99. The van der Waals surface area contributed by atoms with Gasteiger partial charge in [-0.05, 0) is 62.6 Å². The summed E-state index contributed by atoms with van der Waals surface area (Å²) in [5.41, 5.74) is 6.30. The average molecular weight is 539 g/mol. The molecule has 1 aliphatic rings. The number of hydrogen-bond acceptors (Lipinski definition) is 5. The SMILES string of the molecule is C/C(=N\O)c1c2n(c3ccc(C)cc13)CC(NC(=O)c1ccc(-n3cnnc3)cc1Cl)(c1ccccc1)CC2. The smallest absolute Gasteiger partial charge is 0.253 e. The van der Waals surface area contributed by atoms with E-state index >= 15 is 0 Å². The Balaban J connectivity index is 1.43. The van der Waals surface area contributed by atoms with Crippen molar-refractivity contribution in [3.05, 3.63) is 112 Å². The Bertz CT molecular complexity index is 1730. The molecule has 2 N–H and O–H groups in total. The number of aryl methyl sites for hydroxylation is 1. The minimum atomic E-state index is -0.681. The lowest BCUT2D eigenvalue weighted by Gasteiger charge is -2.40. The number of benzene rings is 3. The first kappa shape index (κ1) is 24.9. The van der Waals surface area contributed by atoms with Crippen molar-refractivity contribution < 1.29 is 10.0 Å². The quantitative estimate of drug-likeness (QED) is 0.171. The summed E-state index contributed by atoms with van der Waals surface area (Å²) in [6.45, 7) is 4.40. The van der Waals surface area contributed by atoms with Gasteiger partial charge in [0.1, 0.15) is 12.7 Å². The second-order valence-corrected chi connectivity index (χ2v) is 10.5. The predicted molar refractivity (Wildman–Crippen MR) is 151 cm³/mol. The van der Waals surface area contributed by atoms with Crippen LogP contribution in [0.25, 0.3) is 16.6 Å². The van der Waals surface area contributed by atoms with E-state index in [0.29, 0.717) is 35.7 Å². The van der Waals surface area contributed by atoms with Gasteiger partial charge in [0.25, 0.3) is 5.91 Å². The van der Waals surface area contributed by atoms with Crippen LogP contribution in [0, 0.1) is 6.92 Å². The molecule has 0 saturated heterocycles. The van der Waals surface area contributed by atoms with Crippen molar-refractivity contribution in [3.63, 3.8) is 0 Å². The van der Waals surface area contributed by atoms with Crippen molar-refractivity contribution in [2.45, 2.75) is 38.8 Å². The Morgan fingerprint density at radius 2 is 1.85 bits per heavy atom. The molecule has 3 heterocycles. The first-order valence-corrected chi connectivity index (χ1v) is 13.1. The zero-order valence-corrected chi connectivity index (χ0v) is 22.4. The number of nitrogens with one attached hydrogen (secondary N) is 1. The molecule has 1 atom stereocenters. The van der Waals surface area contributed by atoms with Crippen LogP contribution in [0.1, 0.15) is 46.1 Å². The topological polar surface area (TPSA) is 97.3 Å². The van der Waals surface area contributed by atoms with Gasteiger partial charge in [-0.2, -0.15) is 0 Å². The van der Waals surface area contributed by atoms with Crippen molar-refractivity contribution >= 4 is 34.1 Å². The maximum atomic E-state index is 13.8. The Kier molecular flexibility index (Phi) is 6.19. The maximum absolute atomic E-state index is 13.8. The van der Waals surface area contributed by atoms with Crippen molar-refractivity contribution in [1.82, 2.24) is 24.6 Å². The average Bonchev–Trinajstić information content (AvgIpc) is 3.59. The fourth-order valence-electron chi connectivity index (χ4n) is 5.73. The second-order valence-electron chi connectivity index (χ2n) is 10.0. The van der Waals surface area contributed by atoms with Gasteiger partial charge in [-0.3, -0.25) is 9.36 Å². The molecular formula is C30H27ClN6O2. The van der Waals surface area contributed by atoms with Crippen LogP contribution < -0.4 is 5.32 Å².